The maximum atomic E-state index is 11.8. The van der Waals surface area contributed by atoms with Crippen LogP contribution in [-0.4, -0.2) is 49.3 Å². The quantitative estimate of drug-likeness (QED) is 0.102. The highest BCUT2D eigenvalue weighted by molar-refractivity contribution is 7.15. The average Bonchev–Trinajstić information content (AvgIpc) is 3.92. The summed E-state index contributed by atoms with van der Waals surface area (Å²) in [5.41, 5.74) is 3.44. The molecular weight excluding hydrogens is 681 g/mol. The number of fused-ring (bicyclic) bond motifs is 2. The second kappa shape index (κ2) is 12.7. The standard InChI is InChI=1S/C32H22N12O4S2/c45-43(46)21-11-13-23-25(15-21)41(17-27-37-39-31(49-27)33-19-7-3-1-4-8-19)29(35-23)30-36-24-14-12-22(44(47)48)16-26(24)42(30)18-28-38-40-32(50-28)34-20-9-5-2-6-10-20/h1-16H,17-18H2,(H,33,39)(H,34,40). The number of nitro groups is 2. The van der Waals surface area contributed by atoms with Crippen molar-refractivity contribution in [2.24, 2.45) is 0 Å². The summed E-state index contributed by atoms with van der Waals surface area (Å²) in [5.74, 6) is 0.749. The van der Waals surface area contributed by atoms with Gasteiger partial charge < -0.3 is 19.8 Å². The third-order valence-corrected chi connectivity index (χ3v) is 9.30. The molecule has 0 aliphatic rings. The molecule has 0 atom stereocenters. The van der Waals surface area contributed by atoms with E-state index in [-0.39, 0.29) is 24.5 Å². The Morgan fingerprint density at radius 2 is 1.00 bits per heavy atom. The number of nitrogens with one attached hydrogen (secondary N) is 2. The minimum absolute atomic E-state index is 0.106. The van der Waals surface area contributed by atoms with Gasteiger partial charge in [0.05, 0.1) is 45.0 Å². The van der Waals surface area contributed by atoms with E-state index in [1.165, 1.54) is 46.9 Å². The van der Waals surface area contributed by atoms with Gasteiger partial charge in [-0.25, -0.2) is 9.97 Å². The fraction of sp³-hybridized carbons (Fsp3) is 0.0625. The molecule has 50 heavy (non-hydrogen) atoms. The van der Waals surface area contributed by atoms with Crippen LogP contribution in [0.15, 0.2) is 97.1 Å². The van der Waals surface area contributed by atoms with E-state index in [1.807, 2.05) is 60.7 Å². The fourth-order valence-corrected chi connectivity index (χ4v) is 6.91. The van der Waals surface area contributed by atoms with E-state index < -0.39 is 9.85 Å². The van der Waals surface area contributed by atoms with Gasteiger partial charge in [-0.3, -0.25) is 20.2 Å². The number of benzene rings is 4. The van der Waals surface area contributed by atoms with Crippen molar-refractivity contribution in [2.45, 2.75) is 13.1 Å². The summed E-state index contributed by atoms with van der Waals surface area (Å²) >= 11 is 2.66. The number of nitrogens with zero attached hydrogens (tertiary/aromatic N) is 10. The van der Waals surface area contributed by atoms with Gasteiger partial charge in [0.1, 0.15) is 10.0 Å². The average molecular weight is 703 g/mol. The molecule has 0 radical (unpaired) electrons. The number of non-ortho nitro benzene ring substituents is 2. The molecule has 18 heteroatoms. The number of imidazole rings is 2. The summed E-state index contributed by atoms with van der Waals surface area (Å²) in [6.45, 7) is 0.322. The fourth-order valence-electron chi connectivity index (χ4n) is 5.41. The van der Waals surface area contributed by atoms with Gasteiger partial charge >= 0.3 is 0 Å². The topological polar surface area (TPSA) is 198 Å². The van der Waals surface area contributed by atoms with Crippen molar-refractivity contribution in [3.05, 3.63) is 127 Å². The van der Waals surface area contributed by atoms with Crippen molar-refractivity contribution >= 4 is 77.8 Å². The molecule has 246 valence electrons. The molecule has 0 aliphatic carbocycles. The van der Waals surface area contributed by atoms with Gasteiger partial charge in [0, 0.05) is 35.6 Å². The molecule has 16 nitrogen and oxygen atoms in total. The first-order chi connectivity index (χ1) is 24.4. The Balaban J connectivity index is 1.24. The predicted octanol–water partition coefficient (Wildman–Crippen LogP) is 7.16. The van der Waals surface area contributed by atoms with Crippen LogP contribution in [0, 0.1) is 20.2 Å². The van der Waals surface area contributed by atoms with Crippen LogP contribution in [0.3, 0.4) is 0 Å². The molecule has 2 N–H and O–H groups in total. The Labute approximate surface area is 289 Å². The second-order valence-electron chi connectivity index (χ2n) is 10.9. The first kappa shape index (κ1) is 30.7. The van der Waals surface area contributed by atoms with Crippen LogP contribution < -0.4 is 10.6 Å². The normalized spacial score (nSPS) is 11.3. The lowest BCUT2D eigenvalue weighted by Crippen LogP contribution is -2.08. The molecule has 4 heterocycles. The molecule has 0 spiro atoms. The van der Waals surface area contributed by atoms with Crippen LogP contribution >= 0.6 is 22.7 Å². The number of aromatic nitrogens is 8. The number of hydrogen-bond donors (Lipinski definition) is 2. The van der Waals surface area contributed by atoms with E-state index in [2.05, 4.69) is 31.0 Å². The lowest BCUT2D eigenvalue weighted by Gasteiger charge is -2.10. The summed E-state index contributed by atoms with van der Waals surface area (Å²) < 4.78 is 3.59. The maximum absolute atomic E-state index is 11.8. The van der Waals surface area contributed by atoms with Crippen molar-refractivity contribution in [2.75, 3.05) is 10.6 Å². The first-order valence-electron chi connectivity index (χ1n) is 15.0. The smallest absolute Gasteiger partial charge is 0.271 e. The molecule has 4 aromatic carbocycles. The Bertz CT molecular complexity index is 2350. The van der Waals surface area contributed by atoms with E-state index in [4.69, 9.17) is 9.97 Å². The number of hydrogen-bond acceptors (Lipinski definition) is 14. The van der Waals surface area contributed by atoms with Crippen LogP contribution in [0.25, 0.3) is 33.7 Å². The lowest BCUT2D eigenvalue weighted by molar-refractivity contribution is -0.384. The summed E-state index contributed by atoms with van der Waals surface area (Å²) in [5, 5.41) is 49.8. The SMILES string of the molecule is O=[N+]([O-])c1ccc2nc(-c3nc4ccc([N+](=O)[O-])cc4n3Cc3nnc(Nc4ccccc4)s3)n(Cc3nnc(Nc4ccccc4)s3)c2c1. The third-order valence-electron chi connectivity index (χ3n) is 7.66. The van der Waals surface area contributed by atoms with Crippen LogP contribution in [0.5, 0.6) is 0 Å². The first-order valence-corrected chi connectivity index (χ1v) is 16.6. The van der Waals surface area contributed by atoms with Gasteiger partial charge in [0.2, 0.25) is 10.3 Å². The molecule has 4 aromatic heterocycles. The summed E-state index contributed by atoms with van der Waals surface area (Å²) in [6, 6.07) is 28.0. The molecule has 8 aromatic rings. The summed E-state index contributed by atoms with van der Waals surface area (Å²) in [7, 11) is 0. The van der Waals surface area contributed by atoms with Crippen molar-refractivity contribution in [1.82, 2.24) is 39.5 Å². The van der Waals surface area contributed by atoms with Gasteiger partial charge in [-0.1, -0.05) is 59.1 Å². The highest BCUT2D eigenvalue weighted by atomic mass is 32.1. The maximum Gasteiger partial charge on any atom is 0.271 e. The minimum Gasteiger partial charge on any atom is -0.330 e. The summed E-state index contributed by atoms with van der Waals surface area (Å²) in [6.07, 6.45) is 0. The molecule has 0 aliphatic heterocycles. The van der Waals surface area contributed by atoms with Crippen LogP contribution in [0.2, 0.25) is 0 Å². The van der Waals surface area contributed by atoms with Crippen LogP contribution in [0.4, 0.5) is 33.0 Å². The second-order valence-corrected chi connectivity index (χ2v) is 13.0. The zero-order valence-electron chi connectivity index (χ0n) is 25.6. The molecule has 0 saturated heterocycles. The van der Waals surface area contributed by atoms with Gasteiger partial charge in [0.15, 0.2) is 11.6 Å². The third kappa shape index (κ3) is 6.06. The van der Waals surface area contributed by atoms with E-state index in [0.29, 0.717) is 54.0 Å². The number of para-hydroxylation sites is 2. The van der Waals surface area contributed by atoms with Crippen molar-refractivity contribution in [1.29, 1.82) is 0 Å². The molecule has 0 unspecified atom stereocenters. The lowest BCUT2D eigenvalue weighted by atomic mass is 10.3. The highest BCUT2D eigenvalue weighted by Gasteiger charge is 2.25. The predicted molar refractivity (Wildman–Crippen MR) is 189 cm³/mol. The van der Waals surface area contributed by atoms with Gasteiger partial charge in [0.25, 0.3) is 11.4 Å². The molecule has 0 amide bonds. The molecule has 0 saturated carbocycles. The Hall–Kier alpha value is -6.66. The van der Waals surface area contributed by atoms with E-state index >= 15 is 0 Å². The number of anilines is 4. The number of rotatable bonds is 11. The van der Waals surface area contributed by atoms with Crippen molar-refractivity contribution in [3.63, 3.8) is 0 Å². The Kier molecular flexibility index (Phi) is 7.82. The van der Waals surface area contributed by atoms with E-state index in [0.717, 1.165) is 11.4 Å². The van der Waals surface area contributed by atoms with Crippen LogP contribution in [-0.2, 0) is 13.1 Å². The molecular formula is C32H22N12O4S2. The Morgan fingerprint density at radius 1 is 0.580 bits per heavy atom. The number of nitro benzene ring substituents is 2. The van der Waals surface area contributed by atoms with Gasteiger partial charge in [-0.05, 0) is 36.4 Å². The molecule has 0 fully saturated rings. The highest BCUT2D eigenvalue weighted by Crippen LogP contribution is 2.34. The molecule has 8 rings (SSSR count). The zero-order valence-corrected chi connectivity index (χ0v) is 27.2. The zero-order chi connectivity index (χ0) is 34.2. The van der Waals surface area contributed by atoms with E-state index in [1.54, 1.807) is 21.3 Å². The largest absolute Gasteiger partial charge is 0.330 e. The van der Waals surface area contributed by atoms with Crippen molar-refractivity contribution in [3.8, 4) is 11.6 Å². The minimum atomic E-state index is -0.464. The summed E-state index contributed by atoms with van der Waals surface area (Å²) in [4.78, 5) is 32.5. The van der Waals surface area contributed by atoms with Gasteiger partial charge in [-0.15, -0.1) is 20.4 Å². The van der Waals surface area contributed by atoms with E-state index in [9.17, 15) is 20.2 Å². The van der Waals surface area contributed by atoms with Crippen LogP contribution in [0.1, 0.15) is 10.0 Å². The molecule has 0 bridgehead atoms. The Morgan fingerprint density at radius 3 is 1.40 bits per heavy atom. The van der Waals surface area contributed by atoms with Crippen molar-refractivity contribution < 1.29 is 9.85 Å². The monoisotopic (exact) mass is 702 g/mol. The van der Waals surface area contributed by atoms with Gasteiger partial charge in [-0.2, -0.15) is 0 Å².